The second kappa shape index (κ2) is 7.34. The van der Waals surface area contributed by atoms with Crippen LogP contribution in [0.4, 0.5) is 21.5 Å². The molecule has 5 nitrogen and oxygen atoms in total. The van der Waals surface area contributed by atoms with Gasteiger partial charge in [0.2, 0.25) is 11.8 Å². The normalized spacial score (nSPS) is 15.1. The molecule has 6 heteroatoms. The third-order valence-corrected chi connectivity index (χ3v) is 4.14. The van der Waals surface area contributed by atoms with Gasteiger partial charge in [0.25, 0.3) is 0 Å². The second-order valence-corrected chi connectivity index (χ2v) is 6.03. The number of nitrogens with one attached hydrogen (secondary N) is 2. The first-order valence-corrected chi connectivity index (χ1v) is 8.27. The summed E-state index contributed by atoms with van der Waals surface area (Å²) in [5, 5.41) is 5.65. The van der Waals surface area contributed by atoms with Crippen LogP contribution in [0.15, 0.2) is 48.5 Å². The summed E-state index contributed by atoms with van der Waals surface area (Å²) in [7, 11) is 0. The first kappa shape index (κ1) is 17.0. The van der Waals surface area contributed by atoms with Gasteiger partial charge in [0.05, 0.1) is 5.69 Å². The fourth-order valence-electron chi connectivity index (χ4n) is 2.80. The fraction of sp³-hybridized carbons (Fsp3) is 0.263. The van der Waals surface area contributed by atoms with Crippen molar-refractivity contribution in [3.8, 4) is 0 Å². The summed E-state index contributed by atoms with van der Waals surface area (Å²) in [4.78, 5) is 25.9. The zero-order chi connectivity index (χ0) is 17.8. The standard InChI is InChI=1S/C19H20FN3O2/c1-13(19(25)22-17-9-3-2-8-16(17)20)21-14-6-4-7-15(12-14)23-11-5-10-18(23)24/h2-4,6-9,12-13,21H,5,10-11H2,1H3,(H,22,25). The highest BCUT2D eigenvalue weighted by Gasteiger charge is 2.22. The Hall–Kier alpha value is -2.89. The van der Waals surface area contributed by atoms with Crippen molar-refractivity contribution in [3.63, 3.8) is 0 Å². The molecule has 3 rings (SSSR count). The SMILES string of the molecule is CC(Nc1cccc(N2CCCC2=O)c1)C(=O)Nc1ccccc1F. The van der Waals surface area contributed by atoms with Gasteiger partial charge in [0, 0.05) is 24.3 Å². The molecule has 0 spiro atoms. The third-order valence-electron chi connectivity index (χ3n) is 4.14. The van der Waals surface area contributed by atoms with E-state index in [2.05, 4.69) is 10.6 Å². The minimum Gasteiger partial charge on any atom is -0.374 e. The first-order valence-electron chi connectivity index (χ1n) is 8.27. The van der Waals surface area contributed by atoms with Gasteiger partial charge in [-0.2, -0.15) is 0 Å². The summed E-state index contributed by atoms with van der Waals surface area (Å²) in [5.74, 6) is -0.701. The number of hydrogen-bond acceptors (Lipinski definition) is 3. The molecule has 2 amide bonds. The molecule has 1 saturated heterocycles. The molecule has 0 bridgehead atoms. The zero-order valence-electron chi connectivity index (χ0n) is 14.0. The maximum atomic E-state index is 13.6. The van der Waals surface area contributed by atoms with Crippen LogP contribution < -0.4 is 15.5 Å². The summed E-state index contributed by atoms with van der Waals surface area (Å²) in [6, 6.07) is 12.9. The molecule has 1 fully saturated rings. The van der Waals surface area contributed by atoms with Gasteiger partial charge in [-0.3, -0.25) is 9.59 Å². The van der Waals surface area contributed by atoms with Crippen LogP contribution in [0.1, 0.15) is 19.8 Å². The largest absolute Gasteiger partial charge is 0.374 e. The summed E-state index contributed by atoms with van der Waals surface area (Å²) in [5.41, 5.74) is 1.69. The minimum absolute atomic E-state index is 0.113. The minimum atomic E-state index is -0.566. The Morgan fingerprint density at radius 1 is 1.20 bits per heavy atom. The number of carbonyl (C=O) groups is 2. The Labute approximate surface area is 145 Å². The van der Waals surface area contributed by atoms with Gasteiger partial charge >= 0.3 is 0 Å². The number of halogens is 1. The van der Waals surface area contributed by atoms with Crippen molar-refractivity contribution in [2.75, 3.05) is 22.1 Å². The highest BCUT2D eigenvalue weighted by Crippen LogP contribution is 2.24. The maximum absolute atomic E-state index is 13.6. The molecule has 1 heterocycles. The van der Waals surface area contributed by atoms with Crippen molar-refractivity contribution in [2.45, 2.75) is 25.8 Å². The molecule has 0 aromatic heterocycles. The van der Waals surface area contributed by atoms with Gasteiger partial charge in [0.15, 0.2) is 0 Å². The molecule has 2 aromatic carbocycles. The lowest BCUT2D eigenvalue weighted by molar-refractivity contribution is -0.117. The molecule has 0 radical (unpaired) electrons. The van der Waals surface area contributed by atoms with Gasteiger partial charge < -0.3 is 15.5 Å². The van der Waals surface area contributed by atoms with Crippen molar-refractivity contribution < 1.29 is 14.0 Å². The molecule has 2 N–H and O–H groups in total. The van der Waals surface area contributed by atoms with E-state index in [4.69, 9.17) is 0 Å². The molecule has 25 heavy (non-hydrogen) atoms. The number of rotatable bonds is 5. The Morgan fingerprint density at radius 2 is 2.00 bits per heavy atom. The monoisotopic (exact) mass is 341 g/mol. The van der Waals surface area contributed by atoms with Crippen molar-refractivity contribution >= 4 is 28.9 Å². The van der Waals surface area contributed by atoms with E-state index in [9.17, 15) is 14.0 Å². The first-order chi connectivity index (χ1) is 12.0. The van der Waals surface area contributed by atoms with Crippen LogP contribution >= 0.6 is 0 Å². The molecule has 1 atom stereocenters. The number of nitrogens with zero attached hydrogens (tertiary/aromatic N) is 1. The summed E-state index contributed by atoms with van der Waals surface area (Å²) < 4.78 is 13.6. The molecule has 2 aromatic rings. The average molecular weight is 341 g/mol. The molecule has 0 aliphatic carbocycles. The quantitative estimate of drug-likeness (QED) is 0.876. The van der Waals surface area contributed by atoms with E-state index in [1.807, 2.05) is 24.3 Å². The Bertz CT molecular complexity index is 794. The Kier molecular flexibility index (Phi) is 4.97. The number of para-hydroxylation sites is 1. The topological polar surface area (TPSA) is 61.4 Å². The van der Waals surface area contributed by atoms with Gasteiger partial charge in [0.1, 0.15) is 11.9 Å². The van der Waals surface area contributed by atoms with Crippen LogP contribution in [0, 0.1) is 5.82 Å². The average Bonchev–Trinajstić information content (AvgIpc) is 3.03. The molecule has 130 valence electrons. The highest BCUT2D eigenvalue weighted by atomic mass is 19.1. The van der Waals surface area contributed by atoms with Crippen LogP contribution in [0.25, 0.3) is 0 Å². The van der Waals surface area contributed by atoms with Gasteiger partial charge in [-0.15, -0.1) is 0 Å². The molecular weight excluding hydrogens is 321 g/mol. The molecule has 1 aliphatic heterocycles. The smallest absolute Gasteiger partial charge is 0.246 e. The van der Waals surface area contributed by atoms with Crippen LogP contribution in [0.2, 0.25) is 0 Å². The number of anilines is 3. The van der Waals surface area contributed by atoms with E-state index in [1.54, 1.807) is 24.0 Å². The maximum Gasteiger partial charge on any atom is 0.246 e. The molecule has 0 saturated carbocycles. The van der Waals surface area contributed by atoms with Crippen LogP contribution in [0.5, 0.6) is 0 Å². The van der Waals surface area contributed by atoms with Crippen LogP contribution in [-0.2, 0) is 9.59 Å². The predicted molar refractivity (Wildman–Crippen MR) is 96.1 cm³/mol. The lowest BCUT2D eigenvalue weighted by atomic mass is 10.2. The van der Waals surface area contributed by atoms with Crippen LogP contribution in [-0.4, -0.2) is 24.4 Å². The zero-order valence-corrected chi connectivity index (χ0v) is 14.0. The van der Waals surface area contributed by atoms with E-state index in [1.165, 1.54) is 12.1 Å². The third kappa shape index (κ3) is 3.96. The van der Waals surface area contributed by atoms with E-state index in [0.29, 0.717) is 13.0 Å². The van der Waals surface area contributed by atoms with Gasteiger partial charge in [-0.05, 0) is 43.7 Å². The lowest BCUT2D eigenvalue weighted by Gasteiger charge is -2.19. The van der Waals surface area contributed by atoms with Crippen molar-refractivity contribution in [1.82, 2.24) is 0 Å². The Balaban J connectivity index is 1.66. The van der Waals surface area contributed by atoms with Crippen molar-refractivity contribution in [3.05, 3.63) is 54.3 Å². The second-order valence-electron chi connectivity index (χ2n) is 6.03. The van der Waals surface area contributed by atoms with Gasteiger partial charge in [-0.25, -0.2) is 4.39 Å². The molecule has 1 aliphatic rings. The summed E-state index contributed by atoms with van der Waals surface area (Å²) in [6.45, 7) is 2.41. The van der Waals surface area contributed by atoms with E-state index >= 15 is 0 Å². The van der Waals surface area contributed by atoms with E-state index in [0.717, 1.165) is 17.8 Å². The highest BCUT2D eigenvalue weighted by molar-refractivity contribution is 5.97. The lowest BCUT2D eigenvalue weighted by Crippen LogP contribution is -2.32. The fourth-order valence-corrected chi connectivity index (χ4v) is 2.80. The van der Waals surface area contributed by atoms with Crippen LogP contribution in [0.3, 0.4) is 0 Å². The molecular formula is C19H20FN3O2. The number of carbonyl (C=O) groups excluding carboxylic acids is 2. The number of benzene rings is 2. The predicted octanol–water partition coefficient (Wildman–Crippen LogP) is 3.39. The van der Waals surface area contributed by atoms with E-state index in [-0.39, 0.29) is 17.5 Å². The Morgan fingerprint density at radius 3 is 2.72 bits per heavy atom. The summed E-state index contributed by atoms with van der Waals surface area (Å²) in [6.07, 6.45) is 1.43. The molecule has 1 unspecified atom stereocenters. The number of amides is 2. The van der Waals surface area contributed by atoms with Gasteiger partial charge in [-0.1, -0.05) is 18.2 Å². The van der Waals surface area contributed by atoms with Crippen molar-refractivity contribution in [2.24, 2.45) is 0 Å². The van der Waals surface area contributed by atoms with Crippen molar-refractivity contribution in [1.29, 1.82) is 0 Å². The summed E-state index contributed by atoms with van der Waals surface area (Å²) >= 11 is 0. The van der Waals surface area contributed by atoms with E-state index < -0.39 is 11.9 Å². The number of hydrogen-bond donors (Lipinski definition) is 2.